The first-order valence-electron chi connectivity index (χ1n) is 6.84. The molecule has 3 heterocycles. The van der Waals surface area contributed by atoms with Crippen molar-refractivity contribution in [2.45, 2.75) is 50.6 Å². The van der Waals surface area contributed by atoms with E-state index in [9.17, 15) is 4.79 Å². The number of piperidine rings is 2. The maximum atomic E-state index is 11.7. The van der Waals surface area contributed by atoms with Crippen LogP contribution in [0.15, 0.2) is 6.33 Å². The molecule has 2 saturated heterocycles. The van der Waals surface area contributed by atoms with E-state index in [0.29, 0.717) is 17.9 Å². The fourth-order valence-corrected chi connectivity index (χ4v) is 3.39. The molecule has 0 amide bonds. The Morgan fingerprint density at radius 2 is 2.06 bits per heavy atom. The summed E-state index contributed by atoms with van der Waals surface area (Å²) < 4.78 is 1.98. The average Bonchev–Trinajstić information content (AvgIpc) is 2.72. The lowest BCUT2D eigenvalue weighted by atomic mass is 9.83. The lowest BCUT2D eigenvalue weighted by Crippen LogP contribution is -2.52. The molecule has 2 aliphatic heterocycles. The Labute approximate surface area is 107 Å². The van der Waals surface area contributed by atoms with Crippen LogP contribution in [0.5, 0.6) is 0 Å². The van der Waals surface area contributed by atoms with Crippen molar-refractivity contribution in [2.75, 3.05) is 6.54 Å². The molecule has 0 saturated carbocycles. The van der Waals surface area contributed by atoms with Crippen molar-refractivity contribution in [3.05, 3.63) is 12.2 Å². The average molecular weight is 248 g/mol. The molecule has 1 aromatic rings. The molecular weight excluding hydrogens is 228 g/mol. The summed E-state index contributed by atoms with van der Waals surface area (Å²) in [5, 5.41) is 8.04. The fourth-order valence-electron chi connectivity index (χ4n) is 3.39. The van der Waals surface area contributed by atoms with Gasteiger partial charge in [-0.3, -0.25) is 9.69 Å². The summed E-state index contributed by atoms with van der Waals surface area (Å²) >= 11 is 0. The standard InChI is InChI=1S/C13H20N4O/c1-16-9-14-15-13(16)5-6-17-10-3-2-4-11(17)8-12(18)7-10/h9-11H,2-8H2,1H3. The first-order valence-corrected chi connectivity index (χ1v) is 6.84. The van der Waals surface area contributed by atoms with E-state index in [2.05, 4.69) is 15.1 Å². The number of ketones is 1. The molecular formula is C13H20N4O. The Kier molecular flexibility index (Phi) is 3.16. The van der Waals surface area contributed by atoms with Gasteiger partial charge >= 0.3 is 0 Å². The summed E-state index contributed by atoms with van der Waals surface area (Å²) in [6.45, 7) is 1.01. The number of carbonyl (C=O) groups is 1. The van der Waals surface area contributed by atoms with Crippen LogP contribution in [0.3, 0.4) is 0 Å². The van der Waals surface area contributed by atoms with Crippen LogP contribution in [0.1, 0.15) is 37.9 Å². The minimum absolute atomic E-state index is 0.458. The van der Waals surface area contributed by atoms with Crippen LogP contribution in [-0.2, 0) is 18.3 Å². The number of hydrogen-bond acceptors (Lipinski definition) is 4. The van der Waals surface area contributed by atoms with Gasteiger partial charge in [0, 0.05) is 44.9 Å². The topological polar surface area (TPSA) is 51.0 Å². The van der Waals surface area contributed by atoms with Crippen LogP contribution in [0.2, 0.25) is 0 Å². The maximum absolute atomic E-state index is 11.7. The minimum Gasteiger partial charge on any atom is -0.321 e. The normalized spacial score (nSPS) is 28.6. The highest BCUT2D eigenvalue weighted by molar-refractivity contribution is 5.80. The highest BCUT2D eigenvalue weighted by Gasteiger charge is 2.37. The summed E-state index contributed by atoms with van der Waals surface area (Å²) in [5.41, 5.74) is 0. The van der Waals surface area contributed by atoms with Gasteiger partial charge in [-0.25, -0.2) is 0 Å². The molecule has 0 N–H and O–H groups in total. The molecule has 5 heteroatoms. The third kappa shape index (κ3) is 2.19. The first-order chi connectivity index (χ1) is 8.74. The number of nitrogens with zero attached hydrogens (tertiary/aromatic N) is 4. The number of carbonyl (C=O) groups excluding carboxylic acids is 1. The zero-order valence-corrected chi connectivity index (χ0v) is 10.9. The van der Waals surface area contributed by atoms with Crippen molar-refractivity contribution < 1.29 is 4.79 Å². The van der Waals surface area contributed by atoms with Crippen LogP contribution in [0.25, 0.3) is 0 Å². The van der Waals surface area contributed by atoms with Gasteiger partial charge in [0.2, 0.25) is 0 Å². The quantitative estimate of drug-likeness (QED) is 0.799. The highest BCUT2D eigenvalue weighted by Crippen LogP contribution is 2.32. The fraction of sp³-hybridized carbons (Fsp3) is 0.769. The molecule has 0 spiro atoms. The molecule has 98 valence electrons. The zero-order valence-electron chi connectivity index (χ0n) is 10.9. The van der Waals surface area contributed by atoms with E-state index in [0.717, 1.165) is 31.6 Å². The third-order valence-corrected chi connectivity index (χ3v) is 4.34. The summed E-state index contributed by atoms with van der Waals surface area (Å²) in [5.74, 6) is 1.49. The Morgan fingerprint density at radius 3 is 2.67 bits per heavy atom. The van der Waals surface area contributed by atoms with Crippen molar-refractivity contribution >= 4 is 5.78 Å². The van der Waals surface area contributed by atoms with Crippen LogP contribution >= 0.6 is 0 Å². The molecule has 2 bridgehead atoms. The van der Waals surface area contributed by atoms with Gasteiger partial charge in [0.25, 0.3) is 0 Å². The van der Waals surface area contributed by atoms with Gasteiger partial charge < -0.3 is 4.57 Å². The summed E-state index contributed by atoms with van der Waals surface area (Å²) in [6.07, 6.45) is 7.84. The van der Waals surface area contributed by atoms with Gasteiger partial charge in [-0.1, -0.05) is 6.42 Å². The van der Waals surface area contributed by atoms with Gasteiger partial charge in [-0.15, -0.1) is 10.2 Å². The lowest BCUT2D eigenvalue weighted by Gasteiger charge is -2.45. The van der Waals surface area contributed by atoms with E-state index in [1.807, 2.05) is 11.6 Å². The van der Waals surface area contributed by atoms with E-state index in [1.165, 1.54) is 19.3 Å². The van der Waals surface area contributed by atoms with Crippen molar-refractivity contribution in [1.82, 2.24) is 19.7 Å². The Morgan fingerprint density at radius 1 is 1.33 bits per heavy atom. The van der Waals surface area contributed by atoms with Crippen molar-refractivity contribution in [1.29, 1.82) is 0 Å². The Hall–Kier alpha value is -1.23. The molecule has 3 rings (SSSR count). The van der Waals surface area contributed by atoms with Gasteiger partial charge in [-0.05, 0) is 12.8 Å². The monoisotopic (exact) mass is 248 g/mol. The summed E-state index contributed by atoms with van der Waals surface area (Å²) in [4.78, 5) is 14.2. The molecule has 18 heavy (non-hydrogen) atoms. The molecule has 1 aromatic heterocycles. The number of aromatic nitrogens is 3. The van der Waals surface area contributed by atoms with E-state index in [1.54, 1.807) is 6.33 Å². The lowest BCUT2D eigenvalue weighted by molar-refractivity contribution is -0.127. The SMILES string of the molecule is Cn1cnnc1CCN1C2CCCC1CC(=O)C2. The maximum Gasteiger partial charge on any atom is 0.136 e. The van der Waals surface area contributed by atoms with Crippen LogP contribution < -0.4 is 0 Å². The molecule has 0 aliphatic carbocycles. The molecule has 0 radical (unpaired) electrons. The number of hydrogen-bond donors (Lipinski definition) is 0. The molecule has 2 unspecified atom stereocenters. The van der Waals surface area contributed by atoms with Gasteiger partial charge in [0.15, 0.2) is 0 Å². The minimum atomic E-state index is 0.458. The second-order valence-electron chi connectivity index (χ2n) is 5.53. The van der Waals surface area contributed by atoms with Gasteiger partial charge in [0.1, 0.15) is 17.9 Å². The van der Waals surface area contributed by atoms with E-state index >= 15 is 0 Å². The number of fused-ring (bicyclic) bond motifs is 2. The number of rotatable bonds is 3. The molecule has 2 aliphatic rings. The molecule has 2 fully saturated rings. The Balaban J connectivity index is 1.65. The highest BCUT2D eigenvalue weighted by atomic mass is 16.1. The zero-order chi connectivity index (χ0) is 12.5. The molecule has 2 atom stereocenters. The third-order valence-electron chi connectivity index (χ3n) is 4.34. The molecule has 0 aromatic carbocycles. The van der Waals surface area contributed by atoms with Gasteiger partial charge in [0.05, 0.1) is 0 Å². The second-order valence-corrected chi connectivity index (χ2v) is 5.53. The van der Waals surface area contributed by atoms with E-state index < -0.39 is 0 Å². The van der Waals surface area contributed by atoms with Crippen molar-refractivity contribution in [3.63, 3.8) is 0 Å². The van der Waals surface area contributed by atoms with Gasteiger partial charge in [-0.2, -0.15) is 0 Å². The van der Waals surface area contributed by atoms with Crippen LogP contribution in [-0.4, -0.2) is 44.1 Å². The largest absolute Gasteiger partial charge is 0.321 e. The molecule has 5 nitrogen and oxygen atoms in total. The van der Waals surface area contributed by atoms with Crippen LogP contribution in [0, 0.1) is 0 Å². The summed E-state index contributed by atoms with van der Waals surface area (Å²) in [7, 11) is 1.98. The number of aryl methyl sites for hydroxylation is 1. The van der Waals surface area contributed by atoms with E-state index in [-0.39, 0.29) is 0 Å². The van der Waals surface area contributed by atoms with Crippen LogP contribution in [0.4, 0.5) is 0 Å². The summed E-state index contributed by atoms with van der Waals surface area (Å²) in [6, 6.07) is 0.969. The van der Waals surface area contributed by atoms with E-state index in [4.69, 9.17) is 0 Å². The smallest absolute Gasteiger partial charge is 0.136 e. The van der Waals surface area contributed by atoms with Crippen molar-refractivity contribution in [2.24, 2.45) is 7.05 Å². The number of Topliss-reactive ketones (excluding diaryl/α,β-unsaturated/α-hetero) is 1. The second kappa shape index (κ2) is 4.80. The Bertz CT molecular complexity index is 426. The van der Waals surface area contributed by atoms with Crippen molar-refractivity contribution in [3.8, 4) is 0 Å². The first kappa shape index (κ1) is 11.8. The predicted octanol–water partition coefficient (Wildman–Crippen LogP) is 0.944. The predicted molar refractivity (Wildman–Crippen MR) is 67.1 cm³/mol.